The van der Waals surface area contributed by atoms with E-state index in [4.69, 9.17) is 4.74 Å². The molecule has 1 unspecified atom stereocenters. The molecule has 1 N–H and O–H groups in total. The number of carboxylic acids is 1. The molecule has 0 heterocycles. The van der Waals surface area contributed by atoms with E-state index in [0.717, 1.165) is 5.56 Å². The second kappa shape index (κ2) is 6.19. The first-order valence-electron chi connectivity index (χ1n) is 6.24. The number of aryl methyl sites for hydroxylation is 1. The average molecular weight is 274 g/mol. The Bertz CT molecular complexity index is 593. The van der Waals surface area contributed by atoms with Crippen molar-refractivity contribution < 1.29 is 19.0 Å². The van der Waals surface area contributed by atoms with E-state index in [9.17, 15) is 14.3 Å². The summed E-state index contributed by atoms with van der Waals surface area (Å²) in [5, 5.41) is 9.27. The highest BCUT2D eigenvalue weighted by molar-refractivity contribution is 5.76. The van der Waals surface area contributed by atoms with Crippen LogP contribution in [0.15, 0.2) is 48.5 Å². The van der Waals surface area contributed by atoms with Crippen molar-refractivity contribution in [3.05, 3.63) is 65.5 Å². The summed E-state index contributed by atoms with van der Waals surface area (Å²) in [7, 11) is 0. The normalized spacial score (nSPS) is 11.9. The topological polar surface area (TPSA) is 46.5 Å². The molecule has 0 saturated carbocycles. The Balaban J connectivity index is 2.13. The first kappa shape index (κ1) is 14.1. The molecule has 104 valence electrons. The minimum Gasteiger partial charge on any atom is -0.489 e. The third-order valence-electron chi connectivity index (χ3n) is 3.02. The summed E-state index contributed by atoms with van der Waals surface area (Å²) in [6.07, 6.45) is 0. The van der Waals surface area contributed by atoms with E-state index in [1.165, 1.54) is 12.1 Å². The van der Waals surface area contributed by atoms with Crippen LogP contribution < -0.4 is 4.74 Å². The number of ether oxygens (including phenoxy) is 1. The summed E-state index contributed by atoms with van der Waals surface area (Å²) in [5.41, 5.74) is 1.69. The molecule has 0 aromatic heterocycles. The van der Waals surface area contributed by atoms with Gasteiger partial charge in [0.05, 0.1) is 0 Å². The smallest absolute Gasteiger partial charge is 0.314 e. The van der Waals surface area contributed by atoms with E-state index in [1.807, 2.05) is 19.1 Å². The largest absolute Gasteiger partial charge is 0.489 e. The van der Waals surface area contributed by atoms with Gasteiger partial charge in [-0.1, -0.05) is 42.0 Å². The molecule has 20 heavy (non-hydrogen) atoms. The number of hydrogen-bond acceptors (Lipinski definition) is 2. The number of carbonyl (C=O) groups is 1. The van der Waals surface area contributed by atoms with Crippen LogP contribution >= 0.6 is 0 Å². The molecule has 2 aromatic rings. The summed E-state index contributed by atoms with van der Waals surface area (Å²) in [5.74, 6) is -2.26. The van der Waals surface area contributed by atoms with Crippen LogP contribution in [-0.2, 0) is 4.79 Å². The van der Waals surface area contributed by atoms with Gasteiger partial charge < -0.3 is 9.84 Å². The van der Waals surface area contributed by atoms with E-state index in [2.05, 4.69) is 0 Å². The van der Waals surface area contributed by atoms with Gasteiger partial charge in [0.25, 0.3) is 0 Å². The van der Waals surface area contributed by atoms with E-state index < -0.39 is 17.7 Å². The zero-order valence-electron chi connectivity index (χ0n) is 11.0. The summed E-state index contributed by atoms with van der Waals surface area (Å²) in [6, 6.07) is 13.1. The van der Waals surface area contributed by atoms with Crippen LogP contribution in [0.4, 0.5) is 4.39 Å². The Morgan fingerprint density at radius 3 is 2.45 bits per heavy atom. The molecule has 0 radical (unpaired) electrons. The first-order chi connectivity index (χ1) is 9.58. The van der Waals surface area contributed by atoms with E-state index in [1.54, 1.807) is 24.3 Å². The van der Waals surface area contributed by atoms with Gasteiger partial charge in [0.15, 0.2) is 11.6 Å². The van der Waals surface area contributed by atoms with Gasteiger partial charge in [0.1, 0.15) is 12.5 Å². The van der Waals surface area contributed by atoms with Crippen molar-refractivity contribution in [2.75, 3.05) is 6.61 Å². The molecule has 0 saturated heterocycles. The number of para-hydroxylation sites is 1. The van der Waals surface area contributed by atoms with Crippen molar-refractivity contribution in [2.45, 2.75) is 12.8 Å². The standard InChI is InChI=1S/C16H15FO3/c1-11-6-8-12(9-7-11)13(16(18)19)10-20-15-5-3-2-4-14(15)17/h2-9,13H,10H2,1H3,(H,18,19). The lowest BCUT2D eigenvalue weighted by Gasteiger charge is -2.14. The van der Waals surface area contributed by atoms with Gasteiger partial charge in [-0.15, -0.1) is 0 Å². The molecule has 2 aromatic carbocycles. The Morgan fingerprint density at radius 1 is 1.20 bits per heavy atom. The van der Waals surface area contributed by atoms with Gasteiger partial charge in [-0.05, 0) is 24.6 Å². The number of rotatable bonds is 5. The summed E-state index contributed by atoms with van der Waals surface area (Å²) >= 11 is 0. The minimum atomic E-state index is -0.995. The molecular formula is C16H15FO3. The molecule has 0 fully saturated rings. The Kier molecular flexibility index (Phi) is 4.35. The maximum Gasteiger partial charge on any atom is 0.314 e. The number of benzene rings is 2. The summed E-state index contributed by atoms with van der Waals surface area (Å²) < 4.78 is 18.7. The van der Waals surface area contributed by atoms with Gasteiger partial charge >= 0.3 is 5.97 Å². The van der Waals surface area contributed by atoms with Crippen LogP contribution in [0.3, 0.4) is 0 Å². The highest BCUT2D eigenvalue weighted by Crippen LogP contribution is 2.21. The van der Waals surface area contributed by atoms with Gasteiger partial charge in [0, 0.05) is 0 Å². The van der Waals surface area contributed by atoms with Crippen molar-refractivity contribution in [3.8, 4) is 5.75 Å². The highest BCUT2D eigenvalue weighted by Gasteiger charge is 2.21. The molecule has 1 atom stereocenters. The Hall–Kier alpha value is -2.36. The number of aliphatic carboxylic acids is 1. The van der Waals surface area contributed by atoms with Gasteiger partial charge in [-0.2, -0.15) is 0 Å². The molecule has 4 heteroatoms. The molecule has 0 amide bonds. The van der Waals surface area contributed by atoms with Crippen LogP contribution in [0.2, 0.25) is 0 Å². The maximum atomic E-state index is 13.4. The predicted molar refractivity (Wildman–Crippen MR) is 73.5 cm³/mol. The lowest BCUT2D eigenvalue weighted by Crippen LogP contribution is -2.19. The lowest BCUT2D eigenvalue weighted by molar-refractivity contribution is -0.139. The van der Waals surface area contributed by atoms with Gasteiger partial charge in [0.2, 0.25) is 0 Å². The van der Waals surface area contributed by atoms with E-state index in [-0.39, 0.29) is 12.4 Å². The van der Waals surface area contributed by atoms with Gasteiger partial charge in [-0.25, -0.2) is 4.39 Å². The number of hydrogen-bond donors (Lipinski definition) is 1. The predicted octanol–water partition coefficient (Wildman–Crippen LogP) is 3.38. The zero-order valence-corrected chi connectivity index (χ0v) is 11.0. The first-order valence-corrected chi connectivity index (χ1v) is 6.24. The maximum absolute atomic E-state index is 13.4. The van der Waals surface area contributed by atoms with E-state index in [0.29, 0.717) is 5.56 Å². The second-order valence-corrected chi connectivity index (χ2v) is 4.54. The van der Waals surface area contributed by atoms with Crippen molar-refractivity contribution >= 4 is 5.97 Å². The molecule has 0 aliphatic heterocycles. The zero-order chi connectivity index (χ0) is 14.5. The third kappa shape index (κ3) is 3.35. The fraction of sp³-hybridized carbons (Fsp3) is 0.188. The van der Waals surface area contributed by atoms with Crippen molar-refractivity contribution in [1.82, 2.24) is 0 Å². The fourth-order valence-electron chi connectivity index (χ4n) is 1.84. The lowest BCUT2D eigenvalue weighted by atomic mass is 9.99. The van der Waals surface area contributed by atoms with Gasteiger partial charge in [-0.3, -0.25) is 4.79 Å². The second-order valence-electron chi connectivity index (χ2n) is 4.54. The monoisotopic (exact) mass is 274 g/mol. The molecule has 3 nitrogen and oxygen atoms in total. The van der Waals surface area contributed by atoms with Crippen molar-refractivity contribution in [2.24, 2.45) is 0 Å². The van der Waals surface area contributed by atoms with Crippen LogP contribution in [0.5, 0.6) is 5.75 Å². The molecule has 0 aliphatic carbocycles. The highest BCUT2D eigenvalue weighted by atomic mass is 19.1. The minimum absolute atomic E-state index is 0.0610. The van der Waals surface area contributed by atoms with Crippen LogP contribution in [0.1, 0.15) is 17.0 Å². The molecule has 0 spiro atoms. The summed E-state index contributed by atoms with van der Waals surface area (Å²) in [4.78, 5) is 11.3. The fourth-order valence-corrected chi connectivity index (χ4v) is 1.84. The molecular weight excluding hydrogens is 259 g/mol. The van der Waals surface area contributed by atoms with Crippen molar-refractivity contribution in [3.63, 3.8) is 0 Å². The average Bonchev–Trinajstić information content (AvgIpc) is 2.42. The van der Waals surface area contributed by atoms with Crippen LogP contribution in [-0.4, -0.2) is 17.7 Å². The quantitative estimate of drug-likeness (QED) is 0.909. The van der Waals surface area contributed by atoms with E-state index >= 15 is 0 Å². The molecule has 0 bridgehead atoms. The molecule has 0 aliphatic rings. The molecule has 2 rings (SSSR count). The Morgan fingerprint density at radius 2 is 1.85 bits per heavy atom. The number of halogens is 1. The SMILES string of the molecule is Cc1ccc(C(COc2ccccc2F)C(=O)O)cc1. The van der Waals surface area contributed by atoms with Crippen LogP contribution in [0.25, 0.3) is 0 Å². The number of carboxylic acid groups (broad SMARTS) is 1. The van der Waals surface area contributed by atoms with Crippen LogP contribution in [0, 0.1) is 12.7 Å². The Labute approximate surface area is 116 Å². The van der Waals surface area contributed by atoms with Crippen molar-refractivity contribution in [1.29, 1.82) is 0 Å². The third-order valence-corrected chi connectivity index (χ3v) is 3.02. The summed E-state index contributed by atoms with van der Waals surface area (Å²) in [6.45, 7) is 1.81.